The standard InChI is InChI=1S/C12H11NO5.C12H13NO4/c14-10-6-9(11(15)18-10)13-12(16)17-7-8-4-2-1-3-5-8;14-11-6-10(8-16-11)13-12(15)17-7-9-4-2-1-3-5-9/h1-5,9H,6-7H2,(H,13,16);1-5,10H,6-8H2,(H,13,15). The van der Waals surface area contributed by atoms with Gasteiger partial charge in [0.1, 0.15) is 25.9 Å². The summed E-state index contributed by atoms with van der Waals surface area (Å²) in [6.07, 6.45) is -1.23. The Labute approximate surface area is 200 Å². The van der Waals surface area contributed by atoms with Gasteiger partial charge in [-0.25, -0.2) is 14.4 Å². The second-order valence-electron chi connectivity index (χ2n) is 7.55. The summed E-state index contributed by atoms with van der Waals surface area (Å²) in [6, 6.07) is 17.3. The van der Waals surface area contributed by atoms with Gasteiger partial charge >= 0.3 is 30.1 Å². The Kier molecular flexibility index (Phi) is 9.17. The topological polar surface area (TPSA) is 146 Å². The molecule has 2 unspecified atom stereocenters. The largest absolute Gasteiger partial charge is 0.463 e. The van der Waals surface area contributed by atoms with Crippen molar-refractivity contribution in [1.82, 2.24) is 10.6 Å². The minimum Gasteiger partial charge on any atom is -0.463 e. The Bertz CT molecular complexity index is 1040. The van der Waals surface area contributed by atoms with Gasteiger partial charge in [0.05, 0.1) is 18.9 Å². The van der Waals surface area contributed by atoms with Crippen LogP contribution in [-0.2, 0) is 46.5 Å². The van der Waals surface area contributed by atoms with Gasteiger partial charge in [-0.2, -0.15) is 0 Å². The van der Waals surface area contributed by atoms with E-state index in [0.717, 1.165) is 11.1 Å². The molecule has 0 bridgehead atoms. The molecule has 2 amide bonds. The molecule has 0 aromatic heterocycles. The third-order valence-corrected chi connectivity index (χ3v) is 4.77. The van der Waals surface area contributed by atoms with E-state index in [-0.39, 0.29) is 44.7 Å². The van der Waals surface area contributed by atoms with Crippen molar-refractivity contribution in [3.8, 4) is 0 Å². The number of benzene rings is 2. The summed E-state index contributed by atoms with van der Waals surface area (Å²) in [7, 11) is 0. The normalized spacial score (nSPS) is 18.5. The maximum absolute atomic E-state index is 11.4. The van der Waals surface area contributed by atoms with Gasteiger partial charge in [-0.3, -0.25) is 9.59 Å². The molecule has 2 aliphatic heterocycles. The summed E-state index contributed by atoms with van der Waals surface area (Å²) in [5, 5.41) is 4.85. The van der Waals surface area contributed by atoms with Crippen LogP contribution in [0.4, 0.5) is 9.59 Å². The van der Waals surface area contributed by atoms with Crippen LogP contribution in [0.2, 0.25) is 0 Å². The minimum atomic E-state index is -0.944. The van der Waals surface area contributed by atoms with Crippen molar-refractivity contribution in [3.63, 3.8) is 0 Å². The van der Waals surface area contributed by atoms with Gasteiger partial charge in [-0.05, 0) is 11.1 Å². The van der Waals surface area contributed by atoms with Crippen LogP contribution >= 0.6 is 0 Å². The van der Waals surface area contributed by atoms with E-state index in [1.165, 1.54) is 0 Å². The molecule has 0 radical (unpaired) electrons. The quantitative estimate of drug-likeness (QED) is 0.357. The Balaban J connectivity index is 0.000000196. The van der Waals surface area contributed by atoms with Gasteiger partial charge in [0.2, 0.25) is 0 Å². The van der Waals surface area contributed by atoms with E-state index in [9.17, 15) is 24.0 Å². The van der Waals surface area contributed by atoms with E-state index >= 15 is 0 Å². The van der Waals surface area contributed by atoms with Gasteiger partial charge in [-0.15, -0.1) is 0 Å². The van der Waals surface area contributed by atoms with Crippen LogP contribution in [-0.4, -0.2) is 48.8 Å². The molecule has 2 saturated heterocycles. The molecule has 2 atom stereocenters. The molecule has 0 spiro atoms. The van der Waals surface area contributed by atoms with E-state index in [4.69, 9.17) is 14.2 Å². The number of amides is 2. The number of cyclic esters (lactones) is 3. The predicted octanol–water partition coefficient (Wildman–Crippen LogP) is 1.98. The first-order valence-corrected chi connectivity index (χ1v) is 10.7. The van der Waals surface area contributed by atoms with E-state index in [0.29, 0.717) is 0 Å². The number of hydrogen-bond donors (Lipinski definition) is 2. The van der Waals surface area contributed by atoms with Crippen LogP contribution in [0.5, 0.6) is 0 Å². The Morgan fingerprint density at radius 2 is 1.31 bits per heavy atom. The summed E-state index contributed by atoms with van der Waals surface area (Å²) in [6.45, 7) is 0.538. The zero-order valence-corrected chi connectivity index (χ0v) is 18.6. The van der Waals surface area contributed by atoms with Gasteiger partial charge in [0, 0.05) is 0 Å². The molecule has 2 fully saturated rings. The SMILES string of the molecule is O=C1CC(NC(=O)OCc2ccccc2)C(=O)O1.O=C1CC(NC(=O)OCc2ccccc2)CO1. The van der Waals surface area contributed by atoms with Gasteiger partial charge in [0.15, 0.2) is 0 Å². The summed E-state index contributed by atoms with van der Waals surface area (Å²) in [5.74, 6) is -1.69. The zero-order chi connectivity index (χ0) is 25.0. The van der Waals surface area contributed by atoms with Crippen LogP contribution in [0, 0.1) is 0 Å². The fraction of sp³-hybridized carbons (Fsp3) is 0.292. The molecule has 2 N–H and O–H groups in total. The first-order chi connectivity index (χ1) is 16.9. The number of carbonyl (C=O) groups is 5. The van der Waals surface area contributed by atoms with E-state index < -0.39 is 30.2 Å². The molecular formula is C24H24N2O9. The predicted molar refractivity (Wildman–Crippen MR) is 118 cm³/mol. The summed E-state index contributed by atoms with van der Waals surface area (Å²) >= 11 is 0. The highest BCUT2D eigenvalue weighted by Crippen LogP contribution is 2.09. The smallest absolute Gasteiger partial charge is 0.408 e. The average molecular weight is 484 g/mol. The number of hydrogen-bond acceptors (Lipinski definition) is 9. The molecule has 11 nitrogen and oxygen atoms in total. The molecular weight excluding hydrogens is 460 g/mol. The average Bonchev–Trinajstić information content (AvgIpc) is 3.41. The third kappa shape index (κ3) is 8.80. The maximum atomic E-state index is 11.4. The van der Waals surface area contributed by atoms with Crippen LogP contribution in [0.25, 0.3) is 0 Å². The number of alkyl carbamates (subject to hydrolysis) is 2. The van der Waals surface area contributed by atoms with E-state index in [2.05, 4.69) is 15.4 Å². The fourth-order valence-corrected chi connectivity index (χ4v) is 3.03. The molecule has 0 aliphatic carbocycles. The summed E-state index contributed by atoms with van der Waals surface area (Å²) < 4.78 is 18.9. The Morgan fingerprint density at radius 1 is 0.771 bits per heavy atom. The van der Waals surface area contributed by atoms with Crippen LogP contribution in [0.3, 0.4) is 0 Å². The molecule has 0 saturated carbocycles. The lowest BCUT2D eigenvalue weighted by atomic mass is 10.2. The number of rotatable bonds is 6. The van der Waals surface area contributed by atoms with Crippen LogP contribution < -0.4 is 10.6 Å². The highest BCUT2D eigenvalue weighted by atomic mass is 16.6. The molecule has 2 aromatic carbocycles. The molecule has 11 heteroatoms. The van der Waals surface area contributed by atoms with Crippen molar-refractivity contribution in [1.29, 1.82) is 0 Å². The van der Waals surface area contributed by atoms with Crippen molar-refractivity contribution < 1.29 is 42.9 Å². The lowest BCUT2D eigenvalue weighted by molar-refractivity contribution is -0.152. The highest BCUT2D eigenvalue weighted by Gasteiger charge is 2.34. The fourth-order valence-electron chi connectivity index (χ4n) is 3.03. The number of esters is 3. The third-order valence-electron chi connectivity index (χ3n) is 4.77. The Morgan fingerprint density at radius 3 is 1.77 bits per heavy atom. The van der Waals surface area contributed by atoms with Crippen molar-refractivity contribution in [2.24, 2.45) is 0 Å². The number of ether oxygens (including phenoxy) is 4. The van der Waals surface area contributed by atoms with Crippen LogP contribution in [0.15, 0.2) is 60.7 Å². The molecule has 2 aliphatic rings. The van der Waals surface area contributed by atoms with Gasteiger partial charge in [0.25, 0.3) is 0 Å². The summed E-state index contributed by atoms with van der Waals surface area (Å²) in [5.41, 5.74) is 1.75. The summed E-state index contributed by atoms with van der Waals surface area (Å²) in [4.78, 5) is 55.4. The second-order valence-corrected chi connectivity index (χ2v) is 7.55. The van der Waals surface area contributed by atoms with Gasteiger partial charge in [-0.1, -0.05) is 60.7 Å². The Hall–Kier alpha value is -4.41. The molecule has 2 heterocycles. The zero-order valence-electron chi connectivity index (χ0n) is 18.6. The van der Waals surface area contributed by atoms with Crippen molar-refractivity contribution >= 4 is 30.1 Å². The highest BCUT2D eigenvalue weighted by molar-refractivity contribution is 5.98. The molecule has 2 aromatic rings. The lowest BCUT2D eigenvalue weighted by Crippen LogP contribution is -2.38. The molecule has 184 valence electrons. The van der Waals surface area contributed by atoms with Gasteiger partial charge < -0.3 is 29.6 Å². The van der Waals surface area contributed by atoms with Crippen molar-refractivity contribution in [3.05, 3.63) is 71.8 Å². The molecule has 4 rings (SSSR count). The van der Waals surface area contributed by atoms with Crippen molar-refractivity contribution in [2.75, 3.05) is 6.61 Å². The first kappa shape index (κ1) is 25.2. The monoisotopic (exact) mass is 484 g/mol. The van der Waals surface area contributed by atoms with Crippen LogP contribution in [0.1, 0.15) is 24.0 Å². The number of nitrogens with one attached hydrogen (secondary N) is 2. The molecule has 35 heavy (non-hydrogen) atoms. The van der Waals surface area contributed by atoms with E-state index in [1.807, 2.05) is 48.5 Å². The minimum absolute atomic E-state index is 0.0996. The maximum Gasteiger partial charge on any atom is 0.408 e. The van der Waals surface area contributed by atoms with E-state index in [1.54, 1.807) is 12.1 Å². The first-order valence-electron chi connectivity index (χ1n) is 10.7. The lowest BCUT2D eigenvalue weighted by Gasteiger charge is -2.10. The second kappa shape index (κ2) is 12.7. The number of carbonyl (C=O) groups excluding carboxylic acids is 5. The van der Waals surface area contributed by atoms with Crippen molar-refractivity contribution in [2.45, 2.75) is 38.1 Å².